The summed E-state index contributed by atoms with van der Waals surface area (Å²) in [6, 6.07) is 22.3. The number of aryl methyl sites for hydroxylation is 1. The smallest absolute Gasteiger partial charge is 0.159 e. The molecule has 2 nitrogen and oxygen atoms in total. The van der Waals surface area contributed by atoms with Crippen LogP contribution in [0.3, 0.4) is 0 Å². The minimum atomic E-state index is -0.0240. The van der Waals surface area contributed by atoms with Gasteiger partial charge in [0, 0.05) is 11.1 Å². The Labute approximate surface area is 168 Å². The molecule has 28 heavy (non-hydrogen) atoms. The van der Waals surface area contributed by atoms with Gasteiger partial charge in [0.2, 0.25) is 0 Å². The number of benzene rings is 3. The zero-order valence-electron chi connectivity index (χ0n) is 17.4. The Kier molecular flexibility index (Phi) is 7.45. The highest BCUT2D eigenvalue weighted by atomic mass is 16.1. The first kappa shape index (κ1) is 21.3. The largest absolute Gasteiger partial charge is 0.295 e. The molecule has 0 atom stereocenters. The molecule has 0 aliphatic rings. The van der Waals surface area contributed by atoms with Crippen molar-refractivity contribution in [2.75, 3.05) is 0 Å². The van der Waals surface area contributed by atoms with E-state index in [9.17, 15) is 9.59 Å². The summed E-state index contributed by atoms with van der Waals surface area (Å²) in [6.45, 7) is 9.14. The van der Waals surface area contributed by atoms with E-state index < -0.39 is 0 Å². The normalized spacial score (nSPS) is 10.0. The molecule has 0 heterocycles. The van der Waals surface area contributed by atoms with Crippen molar-refractivity contribution in [2.45, 2.75) is 41.0 Å². The quantitative estimate of drug-likeness (QED) is 0.468. The number of carbonyl (C=O) groups excluding carboxylic acids is 2. The first-order valence-corrected chi connectivity index (χ1v) is 9.74. The molecule has 3 rings (SSSR count). The van der Waals surface area contributed by atoms with Crippen molar-refractivity contribution in [3.8, 4) is 11.1 Å². The van der Waals surface area contributed by atoms with Gasteiger partial charge in [-0.2, -0.15) is 0 Å². The van der Waals surface area contributed by atoms with Gasteiger partial charge in [-0.25, -0.2) is 0 Å². The molecule has 0 bridgehead atoms. The van der Waals surface area contributed by atoms with Gasteiger partial charge in [-0.3, -0.25) is 9.59 Å². The van der Waals surface area contributed by atoms with Crippen LogP contribution in [0.2, 0.25) is 0 Å². The number of rotatable bonds is 5. The lowest BCUT2D eigenvalue weighted by Crippen LogP contribution is -2.01. The van der Waals surface area contributed by atoms with E-state index in [0.717, 1.165) is 11.1 Å². The van der Waals surface area contributed by atoms with Crippen molar-refractivity contribution < 1.29 is 9.59 Å². The van der Waals surface area contributed by atoms with Gasteiger partial charge in [0.25, 0.3) is 0 Å². The summed E-state index contributed by atoms with van der Waals surface area (Å²) < 4.78 is 0. The molecule has 3 aromatic carbocycles. The van der Waals surface area contributed by atoms with Crippen LogP contribution in [0, 0.1) is 6.92 Å². The van der Waals surface area contributed by atoms with Gasteiger partial charge in [0.05, 0.1) is 0 Å². The second-order valence-corrected chi connectivity index (χ2v) is 6.77. The Morgan fingerprint density at radius 3 is 1.50 bits per heavy atom. The van der Waals surface area contributed by atoms with Crippen LogP contribution < -0.4 is 0 Å². The summed E-state index contributed by atoms with van der Waals surface area (Å²) in [5.41, 5.74) is 6.92. The van der Waals surface area contributed by atoms with Gasteiger partial charge in [0.1, 0.15) is 0 Å². The molecular weight excluding hydrogens is 344 g/mol. The third-order valence-corrected chi connectivity index (χ3v) is 4.55. The summed E-state index contributed by atoms with van der Waals surface area (Å²) in [4.78, 5) is 23.5. The molecule has 0 saturated carbocycles. The lowest BCUT2D eigenvalue weighted by molar-refractivity contribution is 0.101. The predicted octanol–water partition coefficient (Wildman–Crippen LogP) is 6.68. The molecule has 3 aromatic rings. The highest BCUT2D eigenvalue weighted by Gasteiger charge is 2.09. The van der Waals surface area contributed by atoms with E-state index in [1.807, 2.05) is 26.0 Å². The van der Waals surface area contributed by atoms with Crippen molar-refractivity contribution in [1.29, 1.82) is 0 Å². The van der Waals surface area contributed by atoms with Crippen LogP contribution in [0.25, 0.3) is 11.1 Å². The van der Waals surface area contributed by atoms with E-state index in [2.05, 4.69) is 55.5 Å². The average molecular weight is 373 g/mol. The Morgan fingerprint density at radius 1 is 0.643 bits per heavy atom. The fraction of sp³-hybridized carbons (Fsp3) is 0.231. The molecule has 0 aliphatic carbocycles. The van der Waals surface area contributed by atoms with Crippen molar-refractivity contribution >= 4 is 11.6 Å². The van der Waals surface area contributed by atoms with E-state index in [-0.39, 0.29) is 11.6 Å². The zero-order chi connectivity index (χ0) is 20.7. The summed E-state index contributed by atoms with van der Waals surface area (Å²) >= 11 is 0. The van der Waals surface area contributed by atoms with Gasteiger partial charge in [-0.05, 0) is 67.6 Å². The van der Waals surface area contributed by atoms with E-state index in [1.165, 1.54) is 30.5 Å². The summed E-state index contributed by atoms with van der Waals surface area (Å²) in [6.07, 6.45) is 0.690. The highest BCUT2D eigenvalue weighted by Crippen LogP contribution is 2.22. The van der Waals surface area contributed by atoms with Crippen LogP contribution in [-0.4, -0.2) is 11.6 Å². The summed E-state index contributed by atoms with van der Waals surface area (Å²) in [5, 5.41) is 0. The zero-order valence-corrected chi connectivity index (χ0v) is 17.4. The Bertz CT molecular complexity index is 916. The van der Waals surface area contributed by atoms with Gasteiger partial charge in [-0.15, -0.1) is 0 Å². The van der Waals surface area contributed by atoms with E-state index in [4.69, 9.17) is 0 Å². The molecule has 0 amide bonds. The lowest BCUT2D eigenvalue weighted by atomic mass is 9.96. The molecule has 2 heteroatoms. The van der Waals surface area contributed by atoms with Crippen LogP contribution in [-0.2, 0) is 6.42 Å². The number of carbonyl (C=O) groups is 2. The minimum Gasteiger partial charge on any atom is -0.295 e. The highest BCUT2D eigenvalue weighted by molar-refractivity contribution is 5.99. The van der Waals surface area contributed by atoms with Crippen molar-refractivity contribution in [1.82, 2.24) is 0 Å². The first-order valence-electron chi connectivity index (χ1n) is 9.74. The molecular formula is C26H28O2. The third kappa shape index (κ3) is 5.50. The van der Waals surface area contributed by atoms with Crippen LogP contribution >= 0.6 is 0 Å². The third-order valence-electron chi connectivity index (χ3n) is 4.55. The van der Waals surface area contributed by atoms with Crippen molar-refractivity contribution in [3.63, 3.8) is 0 Å². The van der Waals surface area contributed by atoms with Crippen molar-refractivity contribution in [2.24, 2.45) is 0 Å². The molecule has 0 aliphatic heterocycles. The fourth-order valence-corrected chi connectivity index (χ4v) is 3.00. The second kappa shape index (κ2) is 9.80. The average Bonchev–Trinajstić information content (AvgIpc) is 2.70. The Morgan fingerprint density at radius 2 is 1.07 bits per heavy atom. The maximum Gasteiger partial charge on any atom is 0.159 e. The lowest BCUT2D eigenvalue weighted by Gasteiger charge is -2.08. The van der Waals surface area contributed by atoms with E-state index >= 15 is 0 Å². The molecule has 0 radical (unpaired) electrons. The molecule has 144 valence electrons. The predicted molar refractivity (Wildman–Crippen MR) is 117 cm³/mol. The molecule has 0 aromatic heterocycles. The number of hydrogen-bond acceptors (Lipinski definition) is 2. The van der Waals surface area contributed by atoms with Gasteiger partial charge in [0.15, 0.2) is 11.6 Å². The van der Waals surface area contributed by atoms with E-state index in [0.29, 0.717) is 17.5 Å². The van der Waals surface area contributed by atoms with E-state index in [1.54, 1.807) is 6.07 Å². The minimum absolute atomic E-state index is 0.0240. The molecule has 0 fully saturated rings. The number of hydrogen-bond donors (Lipinski definition) is 0. The monoisotopic (exact) mass is 372 g/mol. The number of ketones is 2. The molecule has 0 unspecified atom stereocenters. The van der Waals surface area contributed by atoms with Crippen LogP contribution in [0.1, 0.15) is 65.1 Å². The van der Waals surface area contributed by atoms with Crippen molar-refractivity contribution in [3.05, 3.63) is 94.5 Å². The SMILES string of the molecule is CC.CC(=O)c1cc(Cc2ccc(-c3ccc(C)cc3)cc2)cc(C(C)=O)c1. The summed E-state index contributed by atoms with van der Waals surface area (Å²) in [7, 11) is 0. The second-order valence-electron chi connectivity index (χ2n) is 6.77. The van der Waals surface area contributed by atoms with Gasteiger partial charge < -0.3 is 0 Å². The maximum atomic E-state index is 11.7. The molecule has 0 N–H and O–H groups in total. The summed E-state index contributed by atoms with van der Waals surface area (Å²) in [5.74, 6) is -0.0480. The molecule has 0 spiro atoms. The van der Waals surface area contributed by atoms with Gasteiger partial charge in [-0.1, -0.05) is 67.9 Å². The Hall–Kier alpha value is -3.00. The standard InChI is InChI=1S/C24H22O2.C2H6/c1-16-4-8-21(9-5-16)22-10-6-19(7-11-22)12-20-13-23(17(2)25)15-24(14-20)18(3)26;1-2/h4-11,13-15H,12H2,1-3H3;1-2H3. The van der Waals surface area contributed by atoms with Gasteiger partial charge >= 0.3 is 0 Å². The van der Waals surface area contributed by atoms with Crippen LogP contribution in [0.4, 0.5) is 0 Å². The first-order chi connectivity index (χ1) is 13.4. The fourth-order valence-electron chi connectivity index (χ4n) is 3.00. The van der Waals surface area contributed by atoms with Crippen LogP contribution in [0.15, 0.2) is 66.7 Å². The Balaban J connectivity index is 0.00000136. The number of Topliss-reactive ketones (excluding diaryl/α,β-unsaturated/α-hetero) is 2. The maximum absolute atomic E-state index is 11.7. The topological polar surface area (TPSA) is 34.1 Å². The van der Waals surface area contributed by atoms with Crippen LogP contribution in [0.5, 0.6) is 0 Å². The molecule has 0 saturated heterocycles.